The van der Waals surface area contributed by atoms with Crippen molar-refractivity contribution in [3.8, 4) is 0 Å². The van der Waals surface area contributed by atoms with E-state index in [9.17, 15) is 9.00 Å². The molecule has 2 aromatic rings. The predicted molar refractivity (Wildman–Crippen MR) is 83.3 cm³/mol. The zero-order chi connectivity index (χ0) is 13.7. The van der Waals surface area contributed by atoms with Gasteiger partial charge in [-0.2, -0.15) is 0 Å². The number of rotatable bonds is 6. The first-order valence-corrected chi connectivity index (χ1v) is 8.86. The van der Waals surface area contributed by atoms with Gasteiger partial charge in [-0.1, -0.05) is 22.0 Å². The maximum absolute atomic E-state index is 12.0. The quantitative estimate of drug-likeness (QED) is 0.723. The monoisotopic (exact) mass is 356 g/mol. The molecule has 1 atom stereocenters. The minimum absolute atomic E-state index is 0.141. The molecule has 0 N–H and O–H groups in total. The molecule has 19 heavy (non-hydrogen) atoms. The van der Waals surface area contributed by atoms with Gasteiger partial charge in [0, 0.05) is 21.5 Å². The molecule has 0 aliphatic carbocycles. The molecular formula is C14H13BrO2S2. The standard InChI is InChI=1S/C14H13BrO2S2/c15-11-5-7-12(8-6-11)19(17)10-2-3-13(16)14-4-1-9-18-14/h1,4-9H,2-3,10H2. The Bertz CT molecular complexity index is 562. The van der Waals surface area contributed by atoms with Gasteiger partial charge in [0.2, 0.25) is 0 Å². The van der Waals surface area contributed by atoms with E-state index in [2.05, 4.69) is 15.9 Å². The van der Waals surface area contributed by atoms with Crippen molar-refractivity contribution >= 4 is 43.8 Å². The van der Waals surface area contributed by atoms with Crippen molar-refractivity contribution in [3.05, 3.63) is 51.1 Å². The van der Waals surface area contributed by atoms with E-state index in [1.54, 1.807) is 0 Å². The summed E-state index contributed by atoms with van der Waals surface area (Å²) >= 11 is 4.80. The fourth-order valence-electron chi connectivity index (χ4n) is 1.63. The SMILES string of the molecule is O=C(CCCS(=O)c1ccc(Br)cc1)c1cccs1. The first-order valence-electron chi connectivity index (χ1n) is 5.87. The van der Waals surface area contributed by atoms with Crippen LogP contribution in [0.5, 0.6) is 0 Å². The van der Waals surface area contributed by atoms with E-state index in [0.29, 0.717) is 18.6 Å². The molecular weight excluding hydrogens is 344 g/mol. The van der Waals surface area contributed by atoms with Gasteiger partial charge in [0.1, 0.15) is 0 Å². The minimum atomic E-state index is -1.02. The fraction of sp³-hybridized carbons (Fsp3) is 0.214. The van der Waals surface area contributed by atoms with Gasteiger partial charge >= 0.3 is 0 Å². The molecule has 2 nitrogen and oxygen atoms in total. The van der Waals surface area contributed by atoms with E-state index in [1.165, 1.54) is 11.3 Å². The number of Topliss-reactive ketones (excluding diaryl/α,β-unsaturated/α-hetero) is 1. The van der Waals surface area contributed by atoms with E-state index in [1.807, 2.05) is 41.8 Å². The Balaban J connectivity index is 1.81. The van der Waals surface area contributed by atoms with Gasteiger partial charge in [0.25, 0.3) is 0 Å². The maximum Gasteiger partial charge on any atom is 0.172 e. The minimum Gasteiger partial charge on any atom is -0.293 e. The fourth-order valence-corrected chi connectivity index (χ4v) is 3.67. The summed E-state index contributed by atoms with van der Waals surface area (Å²) in [4.78, 5) is 13.4. The number of carbonyl (C=O) groups is 1. The van der Waals surface area contributed by atoms with E-state index in [0.717, 1.165) is 14.2 Å². The van der Waals surface area contributed by atoms with Crippen molar-refractivity contribution in [2.24, 2.45) is 0 Å². The lowest BCUT2D eigenvalue weighted by Gasteiger charge is -2.02. The molecule has 0 aliphatic heterocycles. The second-order valence-electron chi connectivity index (χ2n) is 4.01. The number of carbonyl (C=O) groups excluding carboxylic acids is 1. The van der Waals surface area contributed by atoms with Crippen LogP contribution in [-0.4, -0.2) is 15.7 Å². The Kier molecular flexibility index (Phi) is 5.48. The van der Waals surface area contributed by atoms with E-state index >= 15 is 0 Å². The Morgan fingerprint density at radius 1 is 1.21 bits per heavy atom. The molecule has 0 aliphatic rings. The molecule has 1 heterocycles. The Hall–Kier alpha value is -0.780. The van der Waals surface area contributed by atoms with Crippen LogP contribution in [0.25, 0.3) is 0 Å². The summed E-state index contributed by atoms with van der Waals surface area (Å²) < 4.78 is 13.0. The third-order valence-corrected chi connectivity index (χ3v) is 5.50. The number of hydrogen-bond donors (Lipinski definition) is 0. The molecule has 1 unspecified atom stereocenters. The third kappa shape index (κ3) is 4.37. The van der Waals surface area contributed by atoms with Crippen LogP contribution in [-0.2, 0) is 10.8 Å². The first-order chi connectivity index (χ1) is 9.16. The smallest absolute Gasteiger partial charge is 0.172 e. The van der Waals surface area contributed by atoms with Crippen molar-refractivity contribution in [1.29, 1.82) is 0 Å². The molecule has 0 saturated carbocycles. The number of halogens is 1. The van der Waals surface area contributed by atoms with Crippen LogP contribution in [0, 0.1) is 0 Å². The normalized spacial score (nSPS) is 12.3. The number of thiophene rings is 1. The summed E-state index contributed by atoms with van der Waals surface area (Å²) in [5.74, 6) is 0.668. The zero-order valence-corrected chi connectivity index (χ0v) is 13.4. The highest BCUT2D eigenvalue weighted by atomic mass is 79.9. The van der Waals surface area contributed by atoms with Crippen LogP contribution in [0.1, 0.15) is 22.5 Å². The molecule has 0 amide bonds. The molecule has 0 saturated heterocycles. The average Bonchev–Trinajstić information content (AvgIpc) is 2.93. The highest BCUT2D eigenvalue weighted by molar-refractivity contribution is 9.10. The van der Waals surface area contributed by atoms with Crippen LogP contribution in [0.15, 0.2) is 51.1 Å². The molecule has 0 fully saturated rings. The number of benzene rings is 1. The van der Waals surface area contributed by atoms with Crippen LogP contribution in [0.2, 0.25) is 0 Å². The van der Waals surface area contributed by atoms with Crippen molar-refractivity contribution in [2.75, 3.05) is 5.75 Å². The Morgan fingerprint density at radius 3 is 2.58 bits per heavy atom. The van der Waals surface area contributed by atoms with E-state index in [-0.39, 0.29) is 5.78 Å². The Labute approximate surface area is 127 Å². The number of hydrogen-bond acceptors (Lipinski definition) is 3. The second-order valence-corrected chi connectivity index (χ2v) is 7.44. The van der Waals surface area contributed by atoms with Crippen molar-refractivity contribution in [1.82, 2.24) is 0 Å². The van der Waals surface area contributed by atoms with E-state index < -0.39 is 10.8 Å². The molecule has 0 spiro atoms. The van der Waals surface area contributed by atoms with Gasteiger partial charge in [-0.15, -0.1) is 11.3 Å². The third-order valence-electron chi connectivity index (χ3n) is 2.61. The Morgan fingerprint density at radius 2 is 1.95 bits per heavy atom. The van der Waals surface area contributed by atoms with Crippen LogP contribution in [0.4, 0.5) is 0 Å². The summed E-state index contributed by atoms with van der Waals surface area (Å²) in [7, 11) is -1.02. The van der Waals surface area contributed by atoms with Gasteiger partial charge in [-0.3, -0.25) is 9.00 Å². The highest BCUT2D eigenvalue weighted by Crippen LogP contribution is 2.16. The molecule has 100 valence electrons. The summed E-state index contributed by atoms with van der Waals surface area (Å²) in [6.45, 7) is 0. The maximum atomic E-state index is 12.0. The molecule has 2 rings (SSSR count). The molecule has 1 aromatic heterocycles. The molecule has 1 aromatic carbocycles. The highest BCUT2D eigenvalue weighted by Gasteiger charge is 2.09. The summed E-state index contributed by atoms with van der Waals surface area (Å²) in [5, 5.41) is 1.90. The lowest BCUT2D eigenvalue weighted by atomic mass is 10.2. The van der Waals surface area contributed by atoms with Gasteiger partial charge in [0.05, 0.1) is 15.7 Å². The van der Waals surface area contributed by atoms with Crippen LogP contribution >= 0.6 is 27.3 Å². The topological polar surface area (TPSA) is 34.1 Å². The first kappa shape index (κ1) is 14.6. The van der Waals surface area contributed by atoms with Gasteiger partial charge < -0.3 is 0 Å². The van der Waals surface area contributed by atoms with Crippen molar-refractivity contribution in [2.45, 2.75) is 17.7 Å². The van der Waals surface area contributed by atoms with Crippen molar-refractivity contribution < 1.29 is 9.00 Å². The van der Waals surface area contributed by atoms with Crippen molar-refractivity contribution in [3.63, 3.8) is 0 Å². The molecule has 0 radical (unpaired) electrons. The van der Waals surface area contributed by atoms with Gasteiger partial charge in [-0.25, -0.2) is 0 Å². The lowest BCUT2D eigenvalue weighted by molar-refractivity contribution is 0.0986. The molecule has 0 bridgehead atoms. The summed E-state index contributed by atoms with van der Waals surface area (Å²) in [6, 6.07) is 11.2. The largest absolute Gasteiger partial charge is 0.293 e. The second kappa shape index (κ2) is 7.12. The molecule has 5 heteroatoms. The van der Waals surface area contributed by atoms with Crippen LogP contribution in [0.3, 0.4) is 0 Å². The zero-order valence-electron chi connectivity index (χ0n) is 10.2. The van der Waals surface area contributed by atoms with Gasteiger partial charge in [-0.05, 0) is 42.1 Å². The summed E-state index contributed by atoms with van der Waals surface area (Å²) in [6.07, 6.45) is 1.11. The average molecular weight is 357 g/mol. The lowest BCUT2D eigenvalue weighted by Crippen LogP contribution is -2.02. The predicted octanol–water partition coefficient (Wildman–Crippen LogP) is 4.28. The van der Waals surface area contributed by atoms with E-state index in [4.69, 9.17) is 0 Å². The van der Waals surface area contributed by atoms with Crippen LogP contribution < -0.4 is 0 Å². The number of ketones is 1. The van der Waals surface area contributed by atoms with Gasteiger partial charge in [0.15, 0.2) is 5.78 Å². The summed E-state index contributed by atoms with van der Waals surface area (Å²) in [5.41, 5.74) is 0.